The Hall–Kier alpha value is -1.29. The van der Waals surface area contributed by atoms with Crippen LogP contribution in [0, 0.1) is 5.92 Å². The smallest absolute Gasteiger partial charge is 0.125 e. The van der Waals surface area contributed by atoms with Gasteiger partial charge in [0.05, 0.1) is 11.7 Å². The maximum atomic E-state index is 4.79. The van der Waals surface area contributed by atoms with Crippen LogP contribution >= 0.6 is 11.3 Å². The van der Waals surface area contributed by atoms with Gasteiger partial charge in [0.2, 0.25) is 0 Å². The van der Waals surface area contributed by atoms with Gasteiger partial charge in [0.25, 0.3) is 0 Å². The highest BCUT2D eigenvalue weighted by Gasteiger charge is 2.23. The summed E-state index contributed by atoms with van der Waals surface area (Å²) < 4.78 is 2.17. The van der Waals surface area contributed by atoms with Crippen LogP contribution < -0.4 is 5.32 Å². The molecule has 0 amide bonds. The van der Waals surface area contributed by atoms with Gasteiger partial charge in [-0.25, -0.2) is 4.68 Å². The number of rotatable bonds is 3. The summed E-state index contributed by atoms with van der Waals surface area (Å²) in [4.78, 5) is 1.41. The summed E-state index contributed by atoms with van der Waals surface area (Å²) in [6, 6.07) is 6.97. The van der Waals surface area contributed by atoms with Crippen molar-refractivity contribution in [2.45, 2.75) is 32.7 Å². The largest absolute Gasteiger partial charge is 0.370 e. The second-order valence-electron chi connectivity index (χ2n) is 5.31. The van der Waals surface area contributed by atoms with Crippen LogP contribution in [0.5, 0.6) is 0 Å². The van der Waals surface area contributed by atoms with E-state index in [-0.39, 0.29) is 0 Å². The summed E-state index contributed by atoms with van der Waals surface area (Å²) in [7, 11) is 0. The van der Waals surface area contributed by atoms with Crippen LogP contribution in [0.2, 0.25) is 0 Å². The van der Waals surface area contributed by atoms with Crippen molar-refractivity contribution in [3.8, 4) is 0 Å². The third kappa shape index (κ3) is 2.17. The molecule has 1 aliphatic rings. The van der Waals surface area contributed by atoms with Gasteiger partial charge in [-0.15, -0.1) is 11.3 Å². The molecule has 0 saturated heterocycles. The monoisotopic (exact) mass is 261 g/mol. The molecule has 3 heterocycles. The van der Waals surface area contributed by atoms with Crippen molar-refractivity contribution < 1.29 is 0 Å². The lowest BCUT2D eigenvalue weighted by atomic mass is 10.1. The number of aromatic nitrogens is 2. The van der Waals surface area contributed by atoms with Crippen molar-refractivity contribution in [1.29, 1.82) is 0 Å². The van der Waals surface area contributed by atoms with Gasteiger partial charge in [-0.3, -0.25) is 0 Å². The predicted octanol–water partition coefficient (Wildman–Crippen LogP) is 3.55. The molecule has 0 bridgehead atoms. The van der Waals surface area contributed by atoms with E-state index in [1.807, 2.05) is 11.3 Å². The molecule has 1 aliphatic heterocycles. The molecule has 3 rings (SSSR count). The van der Waals surface area contributed by atoms with Gasteiger partial charge >= 0.3 is 0 Å². The van der Waals surface area contributed by atoms with Crippen molar-refractivity contribution in [1.82, 2.24) is 9.78 Å². The van der Waals surface area contributed by atoms with Gasteiger partial charge in [0.15, 0.2) is 0 Å². The van der Waals surface area contributed by atoms with Crippen LogP contribution in [0.1, 0.15) is 36.9 Å². The van der Waals surface area contributed by atoms with E-state index < -0.39 is 0 Å². The van der Waals surface area contributed by atoms with E-state index in [1.165, 1.54) is 16.4 Å². The Morgan fingerprint density at radius 1 is 1.56 bits per heavy atom. The molecule has 0 fully saturated rings. The summed E-state index contributed by atoms with van der Waals surface area (Å²) in [6.07, 6.45) is 2.18. The van der Waals surface area contributed by atoms with Crippen LogP contribution in [0.15, 0.2) is 23.6 Å². The first-order chi connectivity index (χ1) is 8.74. The second-order valence-corrected chi connectivity index (χ2v) is 6.29. The molecule has 0 radical (unpaired) electrons. The average molecular weight is 261 g/mol. The number of hydrogen-bond acceptors (Lipinski definition) is 3. The molecule has 4 heteroatoms. The highest BCUT2D eigenvalue weighted by Crippen LogP contribution is 2.32. The van der Waals surface area contributed by atoms with Gasteiger partial charge in [-0.1, -0.05) is 19.9 Å². The fourth-order valence-electron chi connectivity index (χ4n) is 2.54. The van der Waals surface area contributed by atoms with E-state index in [4.69, 9.17) is 5.10 Å². The highest BCUT2D eigenvalue weighted by atomic mass is 32.1. The fourth-order valence-corrected chi connectivity index (χ4v) is 3.38. The van der Waals surface area contributed by atoms with Crippen molar-refractivity contribution >= 4 is 17.2 Å². The fraction of sp³-hybridized carbons (Fsp3) is 0.500. The van der Waals surface area contributed by atoms with Crippen LogP contribution in [0.4, 0.5) is 5.82 Å². The second kappa shape index (κ2) is 4.76. The van der Waals surface area contributed by atoms with E-state index >= 15 is 0 Å². The Morgan fingerprint density at radius 2 is 2.44 bits per heavy atom. The third-order valence-corrected chi connectivity index (χ3v) is 4.27. The topological polar surface area (TPSA) is 29.9 Å². The minimum atomic E-state index is 0.419. The lowest BCUT2D eigenvalue weighted by molar-refractivity contribution is 0.481. The normalized spacial score (nSPS) is 18.7. The molecule has 1 N–H and O–H groups in total. The van der Waals surface area contributed by atoms with E-state index in [1.54, 1.807) is 0 Å². The number of thiophene rings is 1. The number of fused-ring (bicyclic) bond motifs is 1. The molecule has 0 aliphatic carbocycles. The lowest BCUT2D eigenvalue weighted by Crippen LogP contribution is -2.23. The number of nitrogens with zero attached hydrogens (tertiary/aromatic N) is 2. The predicted molar refractivity (Wildman–Crippen MR) is 76.3 cm³/mol. The zero-order valence-electron chi connectivity index (χ0n) is 10.9. The Kier molecular flexibility index (Phi) is 3.12. The average Bonchev–Trinajstić information content (AvgIpc) is 2.94. The summed E-state index contributed by atoms with van der Waals surface area (Å²) in [5.41, 5.74) is 1.20. The first-order valence-electron chi connectivity index (χ1n) is 6.59. The molecule has 1 atom stereocenters. The molecule has 3 nitrogen and oxygen atoms in total. The first-order valence-corrected chi connectivity index (χ1v) is 7.47. The maximum absolute atomic E-state index is 4.79. The quantitative estimate of drug-likeness (QED) is 0.915. The van der Waals surface area contributed by atoms with Gasteiger partial charge in [-0.2, -0.15) is 5.10 Å². The molecule has 18 heavy (non-hydrogen) atoms. The van der Waals surface area contributed by atoms with Crippen molar-refractivity contribution in [3.05, 3.63) is 34.2 Å². The van der Waals surface area contributed by atoms with E-state index in [2.05, 4.69) is 47.4 Å². The first kappa shape index (κ1) is 11.8. The van der Waals surface area contributed by atoms with Crippen LogP contribution in [0.25, 0.3) is 0 Å². The zero-order chi connectivity index (χ0) is 12.5. The molecular weight excluding hydrogens is 242 g/mol. The minimum Gasteiger partial charge on any atom is -0.370 e. The molecule has 0 aromatic carbocycles. The van der Waals surface area contributed by atoms with Gasteiger partial charge in [-0.05, 0) is 30.2 Å². The van der Waals surface area contributed by atoms with E-state index in [0.717, 1.165) is 19.4 Å². The summed E-state index contributed by atoms with van der Waals surface area (Å²) in [5.74, 6) is 1.83. The Labute approximate surface area is 112 Å². The van der Waals surface area contributed by atoms with Gasteiger partial charge in [0, 0.05) is 17.5 Å². The highest BCUT2D eigenvalue weighted by molar-refractivity contribution is 7.10. The summed E-state index contributed by atoms with van der Waals surface area (Å²) >= 11 is 1.83. The number of hydrogen-bond donors (Lipinski definition) is 1. The molecule has 0 saturated carbocycles. The van der Waals surface area contributed by atoms with Crippen LogP contribution in [-0.4, -0.2) is 16.3 Å². The Morgan fingerprint density at radius 3 is 3.17 bits per heavy atom. The third-order valence-electron chi connectivity index (χ3n) is 3.29. The Bertz CT molecular complexity index is 513. The van der Waals surface area contributed by atoms with Crippen molar-refractivity contribution in [2.24, 2.45) is 5.92 Å². The van der Waals surface area contributed by atoms with E-state index in [9.17, 15) is 0 Å². The molecule has 1 unspecified atom stereocenters. The Balaban J connectivity index is 1.93. The lowest BCUT2D eigenvalue weighted by Gasteiger charge is -2.24. The zero-order valence-corrected chi connectivity index (χ0v) is 11.7. The maximum Gasteiger partial charge on any atom is 0.125 e. The summed E-state index contributed by atoms with van der Waals surface area (Å²) in [5, 5.41) is 10.4. The summed E-state index contributed by atoms with van der Waals surface area (Å²) in [6.45, 7) is 5.51. The molecule has 2 aromatic heterocycles. The van der Waals surface area contributed by atoms with Crippen molar-refractivity contribution in [3.63, 3.8) is 0 Å². The minimum absolute atomic E-state index is 0.419. The SMILES string of the molecule is CC(C)Cc1cc2n(n1)C(c1cccs1)CCN2. The van der Waals surface area contributed by atoms with Crippen LogP contribution in [-0.2, 0) is 6.42 Å². The molecule has 96 valence electrons. The standard InChI is InChI=1S/C14H19N3S/c1-10(2)8-11-9-14-15-6-5-12(17(14)16-11)13-4-3-7-18-13/h3-4,7,9-10,12,15H,5-6,8H2,1-2H3. The van der Waals surface area contributed by atoms with E-state index in [0.29, 0.717) is 12.0 Å². The molecule has 2 aromatic rings. The molecule has 0 spiro atoms. The number of nitrogens with one attached hydrogen (secondary N) is 1. The van der Waals surface area contributed by atoms with Gasteiger partial charge in [0.1, 0.15) is 5.82 Å². The number of anilines is 1. The van der Waals surface area contributed by atoms with Crippen LogP contribution in [0.3, 0.4) is 0 Å². The van der Waals surface area contributed by atoms with Crippen molar-refractivity contribution in [2.75, 3.05) is 11.9 Å². The van der Waals surface area contributed by atoms with Gasteiger partial charge < -0.3 is 5.32 Å². The molecular formula is C14H19N3S.